The highest BCUT2D eigenvalue weighted by Gasteiger charge is 2.34. The minimum Gasteiger partial charge on any atom is -0.464 e. The van der Waals surface area contributed by atoms with Crippen LogP contribution in [0.25, 0.3) is 0 Å². The van der Waals surface area contributed by atoms with E-state index in [0.717, 1.165) is 24.4 Å². The first-order valence-electron chi connectivity index (χ1n) is 8.02. The summed E-state index contributed by atoms with van der Waals surface area (Å²) < 4.78 is 5.77. The number of amides is 1. The van der Waals surface area contributed by atoms with E-state index in [1.165, 1.54) is 6.92 Å². The van der Waals surface area contributed by atoms with Crippen LogP contribution in [0.4, 0.5) is 0 Å². The molecule has 0 spiro atoms. The summed E-state index contributed by atoms with van der Waals surface area (Å²) in [6.45, 7) is 6.30. The highest BCUT2D eigenvalue weighted by atomic mass is 16.3. The standard InChI is InChI=1S/C18H22N2O3/c1-11-6-7-20(16(8-11)17-5-4-12(2)23-17)18(22)15-9-14(10-19-15)13(3)21/h4-5,9-11,16,19H,6-8H2,1-3H3. The second kappa shape index (κ2) is 6.07. The fourth-order valence-electron chi connectivity index (χ4n) is 3.16. The van der Waals surface area contributed by atoms with Gasteiger partial charge in [-0.1, -0.05) is 6.92 Å². The molecule has 1 fully saturated rings. The van der Waals surface area contributed by atoms with Gasteiger partial charge < -0.3 is 14.3 Å². The number of aromatic nitrogens is 1. The Kier molecular flexibility index (Phi) is 4.11. The summed E-state index contributed by atoms with van der Waals surface area (Å²) in [4.78, 5) is 29.1. The number of likely N-dealkylation sites (tertiary alicyclic amines) is 1. The molecule has 23 heavy (non-hydrogen) atoms. The van der Waals surface area contributed by atoms with Crippen molar-refractivity contribution in [1.82, 2.24) is 9.88 Å². The van der Waals surface area contributed by atoms with Crippen molar-refractivity contribution in [3.8, 4) is 0 Å². The van der Waals surface area contributed by atoms with Gasteiger partial charge in [-0.3, -0.25) is 9.59 Å². The summed E-state index contributed by atoms with van der Waals surface area (Å²) >= 11 is 0. The molecule has 0 aromatic carbocycles. The maximum atomic E-state index is 12.9. The number of aryl methyl sites for hydroxylation is 1. The number of carbonyl (C=O) groups excluding carboxylic acids is 2. The minimum atomic E-state index is -0.0801. The van der Waals surface area contributed by atoms with E-state index in [4.69, 9.17) is 4.42 Å². The molecule has 0 bridgehead atoms. The maximum absolute atomic E-state index is 12.9. The van der Waals surface area contributed by atoms with Crippen LogP contribution in [0.2, 0.25) is 0 Å². The Morgan fingerprint density at radius 1 is 1.35 bits per heavy atom. The first-order chi connectivity index (χ1) is 11.0. The molecule has 3 rings (SSSR count). The Bertz CT molecular complexity index is 728. The fraction of sp³-hybridized carbons (Fsp3) is 0.444. The van der Waals surface area contributed by atoms with Crippen LogP contribution in [-0.4, -0.2) is 28.1 Å². The van der Waals surface area contributed by atoms with Crippen LogP contribution < -0.4 is 0 Å². The van der Waals surface area contributed by atoms with Crippen molar-refractivity contribution in [2.45, 2.75) is 39.7 Å². The minimum absolute atomic E-state index is 0.0502. The van der Waals surface area contributed by atoms with E-state index in [-0.39, 0.29) is 17.7 Å². The van der Waals surface area contributed by atoms with Crippen LogP contribution >= 0.6 is 0 Å². The lowest BCUT2D eigenvalue weighted by Crippen LogP contribution is -2.40. The number of rotatable bonds is 3. The Balaban J connectivity index is 1.88. The Hall–Kier alpha value is -2.30. The average molecular weight is 314 g/mol. The molecule has 1 N–H and O–H groups in total. The van der Waals surface area contributed by atoms with Gasteiger partial charge >= 0.3 is 0 Å². The number of hydrogen-bond acceptors (Lipinski definition) is 3. The second-order valence-electron chi connectivity index (χ2n) is 6.45. The van der Waals surface area contributed by atoms with Gasteiger partial charge in [0.25, 0.3) is 5.91 Å². The number of piperidine rings is 1. The van der Waals surface area contributed by atoms with Crippen molar-refractivity contribution in [2.24, 2.45) is 5.92 Å². The van der Waals surface area contributed by atoms with E-state index in [1.807, 2.05) is 24.0 Å². The van der Waals surface area contributed by atoms with E-state index < -0.39 is 0 Å². The van der Waals surface area contributed by atoms with Gasteiger partial charge in [0.1, 0.15) is 17.2 Å². The zero-order valence-corrected chi connectivity index (χ0v) is 13.8. The molecule has 2 aromatic rings. The molecule has 2 unspecified atom stereocenters. The van der Waals surface area contributed by atoms with Crippen molar-refractivity contribution in [1.29, 1.82) is 0 Å². The topological polar surface area (TPSA) is 66.3 Å². The largest absolute Gasteiger partial charge is 0.464 e. The van der Waals surface area contributed by atoms with Gasteiger partial charge in [0, 0.05) is 18.3 Å². The van der Waals surface area contributed by atoms with Gasteiger partial charge in [0.05, 0.1) is 6.04 Å². The predicted octanol–water partition coefficient (Wildman–Crippen LogP) is 3.73. The summed E-state index contributed by atoms with van der Waals surface area (Å²) in [6, 6.07) is 5.46. The monoisotopic (exact) mass is 314 g/mol. The molecule has 1 saturated heterocycles. The van der Waals surface area contributed by atoms with Gasteiger partial charge in [-0.25, -0.2) is 0 Å². The highest BCUT2D eigenvalue weighted by molar-refractivity contribution is 5.99. The molecule has 5 heteroatoms. The molecule has 1 aliphatic heterocycles. The first-order valence-corrected chi connectivity index (χ1v) is 8.02. The van der Waals surface area contributed by atoms with Gasteiger partial charge in [0.2, 0.25) is 0 Å². The van der Waals surface area contributed by atoms with Gasteiger partial charge in [-0.2, -0.15) is 0 Å². The molecule has 2 atom stereocenters. The molecule has 122 valence electrons. The van der Waals surface area contributed by atoms with Crippen molar-refractivity contribution in [3.05, 3.63) is 47.2 Å². The van der Waals surface area contributed by atoms with E-state index >= 15 is 0 Å². The lowest BCUT2D eigenvalue weighted by molar-refractivity contribution is 0.0514. The van der Waals surface area contributed by atoms with Crippen LogP contribution in [0.15, 0.2) is 28.8 Å². The van der Waals surface area contributed by atoms with Gasteiger partial charge in [-0.15, -0.1) is 0 Å². The maximum Gasteiger partial charge on any atom is 0.270 e. The fourth-order valence-corrected chi connectivity index (χ4v) is 3.16. The highest BCUT2D eigenvalue weighted by Crippen LogP contribution is 2.35. The second-order valence-corrected chi connectivity index (χ2v) is 6.45. The molecule has 1 amide bonds. The number of Topliss-reactive ketones (excluding diaryl/α,β-unsaturated/α-hetero) is 1. The van der Waals surface area contributed by atoms with Crippen LogP contribution in [0.1, 0.15) is 65.1 Å². The molecule has 0 saturated carbocycles. The molecule has 2 aromatic heterocycles. The van der Waals surface area contributed by atoms with Gasteiger partial charge in [0.15, 0.2) is 5.78 Å². The lowest BCUT2D eigenvalue weighted by Gasteiger charge is -2.37. The summed E-state index contributed by atoms with van der Waals surface area (Å²) in [6.07, 6.45) is 3.45. The van der Waals surface area contributed by atoms with Crippen LogP contribution in [0.3, 0.4) is 0 Å². The number of ketones is 1. The zero-order chi connectivity index (χ0) is 16.6. The van der Waals surface area contributed by atoms with E-state index in [9.17, 15) is 9.59 Å². The molecule has 5 nitrogen and oxygen atoms in total. The summed E-state index contributed by atoms with van der Waals surface area (Å²) in [5.74, 6) is 2.10. The number of furan rings is 1. The van der Waals surface area contributed by atoms with Crippen LogP contribution in [-0.2, 0) is 0 Å². The van der Waals surface area contributed by atoms with Gasteiger partial charge in [-0.05, 0) is 50.8 Å². The van der Waals surface area contributed by atoms with Crippen LogP contribution in [0, 0.1) is 12.8 Å². The van der Waals surface area contributed by atoms with E-state index in [2.05, 4.69) is 11.9 Å². The molecule has 1 aliphatic rings. The Morgan fingerprint density at radius 3 is 2.74 bits per heavy atom. The summed E-state index contributed by atoms with van der Waals surface area (Å²) in [5, 5.41) is 0. The van der Waals surface area contributed by atoms with Crippen molar-refractivity contribution in [3.63, 3.8) is 0 Å². The summed E-state index contributed by atoms with van der Waals surface area (Å²) in [5.41, 5.74) is 0.988. The third-order valence-corrected chi connectivity index (χ3v) is 4.54. The van der Waals surface area contributed by atoms with Crippen molar-refractivity contribution < 1.29 is 14.0 Å². The normalized spacial score (nSPS) is 21.4. The molecule has 3 heterocycles. The number of hydrogen-bond donors (Lipinski definition) is 1. The predicted molar refractivity (Wildman–Crippen MR) is 86.4 cm³/mol. The van der Waals surface area contributed by atoms with Crippen molar-refractivity contribution in [2.75, 3.05) is 6.54 Å². The quantitative estimate of drug-likeness (QED) is 0.878. The van der Waals surface area contributed by atoms with Crippen LogP contribution in [0.5, 0.6) is 0 Å². The molecule has 0 radical (unpaired) electrons. The third-order valence-electron chi connectivity index (χ3n) is 4.54. The summed E-state index contributed by atoms with van der Waals surface area (Å²) in [7, 11) is 0. The Labute approximate surface area is 135 Å². The molecular formula is C18H22N2O3. The number of nitrogens with one attached hydrogen (secondary N) is 1. The number of H-pyrrole nitrogens is 1. The van der Waals surface area contributed by atoms with E-state index in [0.29, 0.717) is 23.7 Å². The number of nitrogens with zero attached hydrogens (tertiary/aromatic N) is 1. The number of carbonyl (C=O) groups is 2. The zero-order valence-electron chi connectivity index (χ0n) is 13.8. The SMILES string of the molecule is CC(=O)c1c[nH]c(C(=O)N2CCC(C)CC2c2ccc(C)o2)c1. The number of aromatic amines is 1. The third kappa shape index (κ3) is 3.09. The average Bonchev–Trinajstić information content (AvgIpc) is 3.15. The lowest BCUT2D eigenvalue weighted by atomic mass is 9.91. The van der Waals surface area contributed by atoms with Crippen molar-refractivity contribution >= 4 is 11.7 Å². The smallest absolute Gasteiger partial charge is 0.270 e. The molecular weight excluding hydrogens is 292 g/mol. The Morgan fingerprint density at radius 2 is 2.13 bits per heavy atom. The first kappa shape index (κ1) is 15.6. The van der Waals surface area contributed by atoms with E-state index in [1.54, 1.807) is 12.3 Å². The molecule has 0 aliphatic carbocycles.